The smallest absolute Gasteiger partial charge is 0.416 e. The summed E-state index contributed by atoms with van der Waals surface area (Å²) in [6.45, 7) is 0. The molecule has 1 aromatic carbocycles. The number of hydrogen-bond acceptors (Lipinski definition) is 4. The second kappa shape index (κ2) is 5.69. The lowest BCUT2D eigenvalue weighted by Crippen LogP contribution is -2.09. The Balaban J connectivity index is 2.59. The molecule has 2 rings (SSSR count). The van der Waals surface area contributed by atoms with Crippen molar-refractivity contribution >= 4 is 23.6 Å². The first kappa shape index (κ1) is 15.2. The van der Waals surface area contributed by atoms with E-state index in [1.54, 1.807) is 0 Å². The number of aldehydes is 1. The van der Waals surface area contributed by atoms with Gasteiger partial charge in [0.25, 0.3) is 0 Å². The summed E-state index contributed by atoms with van der Waals surface area (Å²) in [5.74, 6) is -0.852. The van der Waals surface area contributed by atoms with Gasteiger partial charge in [-0.3, -0.25) is 4.79 Å². The van der Waals surface area contributed by atoms with Gasteiger partial charge in [-0.25, -0.2) is 4.79 Å². The summed E-state index contributed by atoms with van der Waals surface area (Å²) in [6, 6.07) is 6.02. The molecule has 0 aliphatic rings. The van der Waals surface area contributed by atoms with Gasteiger partial charge in [0.15, 0.2) is 6.29 Å². The van der Waals surface area contributed by atoms with Crippen molar-refractivity contribution in [1.29, 1.82) is 0 Å². The summed E-state index contributed by atoms with van der Waals surface area (Å²) in [7, 11) is 1.10. The van der Waals surface area contributed by atoms with E-state index in [1.807, 2.05) is 0 Å². The molecule has 21 heavy (non-hydrogen) atoms. The Kier molecular flexibility index (Phi) is 4.13. The Labute approximate surface area is 122 Å². The van der Waals surface area contributed by atoms with Crippen LogP contribution < -0.4 is 0 Å². The minimum atomic E-state index is -4.58. The van der Waals surface area contributed by atoms with Crippen LogP contribution in [0.2, 0.25) is 0 Å². The molecule has 2 aromatic rings. The molecule has 0 aliphatic heterocycles. The number of alkyl halides is 3. The zero-order valence-corrected chi connectivity index (χ0v) is 11.5. The summed E-state index contributed by atoms with van der Waals surface area (Å²) >= 11 is 1.05. The average Bonchev–Trinajstić information content (AvgIpc) is 2.94. The third-order valence-corrected chi connectivity index (χ3v) is 3.77. The molecule has 0 fully saturated rings. The molecule has 3 nitrogen and oxygen atoms in total. The lowest BCUT2D eigenvalue weighted by Gasteiger charge is -2.10. The average molecular weight is 314 g/mol. The molecule has 7 heteroatoms. The van der Waals surface area contributed by atoms with Crippen LogP contribution in [0.3, 0.4) is 0 Å². The normalized spacial score (nSPS) is 11.2. The Morgan fingerprint density at radius 3 is 2.48 bits per heavy atom. The predicted molar refractivity (Wildman–Crippen MR) is 71.5 cm³/mol. The molecule has 0 amide bonds. The number of rotatable bonds is 3. The van der Waals surface area contributed by atoms with Crippen LogP contribution in [0.1, 0.15) is 25.6 Å². The fraction of sp³-hybridized carbons (Fsp3) is 0.143. The van der Waals surface area contributed by atoms with Crippen LogP contribution >= 0.6 is 11.3 Å². The van der Waals surface area contributed by atoms with Gasteiger partial charge < -0.3 is 4.74 Å². The first-order valence-corrected chi connectivity index (χ1v) is 6.53. The first-order chi connectivity index (χ1) is 9.85. The van der Waals surface area contributed by atoms with Gasteiger partial charge in [-0.2, -0.15) is 13.2 Å². The van der Waals surface area contributed by atoms with Crippen molar-refractivity contribution < 1.29 is 27.5 Å². The number of ether oxygens (including phenoxy) is 1. The summed E-state index contributed by atoms with van der Waals surface area (Å²) in [5, 5.41) is 0. The van der Waals surface area contributed by atoms with Gasteiger partial charge in [0.2, 0.25) is 0 Å². The van der Waals surface area contributed by atoms with Crippen molar-refractivity contribution in [3.05, 3.63) is 46.3 Å². The highest BCUT2D eigenvalue weighted by Crippen LogP contribution is 2.35. The third-order valence-electron chi connectivity index (χ3n) is 2.71. The summed E-state index contributed by atoms with van der Waals surface area (Å²) in [6.07, 6.45) is -3.97. The van der Waals surface area contributed by atoms with Crippen molar-refractivity contribution in [3.63, 3.8) is 0 Å². The van der Waals surface area contributed by atoms with E-state index < -0.39 is 17.7 Å². The summed E-state index contributed by atoms with van der Waals surface area (Å²) in [4.78, 5) is 23.0. The molecular formula is C14H9F3O3S. The van der Waals surface area contributed by atoms with Crippen molar-refractivity contribution in [1.82, 2.24) is 0 Å². The maximum atomic E-state index is 12.9. The fourth-order valence-corrected chi connectivity index (χ4v) is 2.55. The maximum absolute atomic E-state index is 12.9. The van der Waals surface area contributed by atoms with Crippen molar-refractivity contribution in [2.75, 3.05) is 7.11 Å². The van der Waals surface area contributed by atoms with Crippen molar-refractivity contribution in [2.45, 2.75) is 6.18 Å². The number of carbonyl (C=O) groups is 2. The monoisotopic (exact) mass is 314 g/mol. The number of carbonyl (C=O) groups excluding carboxylic acids is 2. The van der Waals surface area contributed by atoms with Crippen LogP contribution in [0.15, 0.2) is 30.3 Å². The van der Waals surface area contributed by atoms with E-state index in [1.165, 1.54) is 18.2 Å². The largest absolute Gasteiger partial charge is 0.465 e. The van der Waals surface area contributed by atoms with Crippen LogP contribution in [-0.4, -0.2) is 19.4 Å². The van der Waals surface area contributed by atoms with Crippen LogP contribution in [0, 0.1) is 0 Å². The second-order valence-electron chi connectivity index (χ2n) is 4.11. The molecule has 0 aliphatic carbocycles. The van der Waals surface area contributed by atoms with E-state index in [2.05, 4.69) is 4.74 Å². The molecule has 0 atom stereocenters. The van der Waals surface area contributed by atoms with Gasteiger partial charge in [0.1, 0.15) is 0 Å². The number of hydrogen-bond donors (Lipinski definition) is 0. The number of methoxy groups -OCH3 is 1. The first-order valence-electron chi connectivity index (χ1n) is 5.71. The van der Waals surface area contributed by atoms with Gasteiger partial charge >= 0.3 is 12.1 Å². The highest BCUT2D eigenvalue weighted by molar-refractivity contribution is 7.17. The molecular weight excluding hydrogens is 305 g/mol. The van der Waals surface area contributed by atoms with Crippen LogP contribution in [0.25, 0.3) is 10.4 Å². The Hall–Kier alpha value is -2.15. The highest BCUT2D eigenvalue weighted by atomic mass is 32.1. The van der Waals surface area contributed by atoms with Crippen molar-refractivity contribution in [3.8, 4) is 10.4 Å². The van der Waals surface area contributed by atoms with E-state index in [9.17, 15) is 22.8 Å². The molecule has 0 spiro atoms. The Morgan fingerprint density at radius 2 is 1.95 bits per heavy atom. The van der Waals surface area contributed by atoms with E-state index in [4.69, 9.17) is 0 Å². The maximum Gasteiger partial charge on any atom is 0.416 e. The standard InChI is InChI=1S/C14H9F3O3S/c1-20-13(19)9-4-8(5-10(6-9)14(15,16)17)12-3-2-11(7-18)21-12/h2-7H,1H3. The summed E-state index contributed by atoms with van der Waals surface area (Å²) in [5.41, 5.74) is -0.923. The van der Waals surface area contributed by atoms with Crippen molar-refractivity contribution in [2.24, 2.45) is 0 Å². The predicted octanol–water partition coefficient (Wildman–Crippen LogP) is 4.03. The number of thiophene rings is 1. The molecule has 0 radical (unpaired) electrons. The van der Waals surface area contributed by atoms with E-state index >= 15 is 0 Å². The minimum absolute atomic E-state index is 0.191. The van der Waals surface area contributed by atoms with E-state index in [0.29, 0.717) is 16.0 Å². The Bertz CT molecular complexity index is 689. The quantitative estimate of drug-likeness (QED) is 0.634. The van der Waals surface area contributed by atoms with Gasteiger partial charge in [-0.15, -0.1) is 11.3 Å². The second-order valence-corrected chi connectivity index (χ2v) is 5.22. The molecule has 0 saturated heterocycles. The number of halogens is 3. The third kappa shape index (κ3) is 3.30. The lowest BCUT2D eigenvalue weighted by molar-refractivity contribution is -0.137. The van der Waals surface area contributed by atoms with Gasteiger partial charge in [0, 0.05) is 4.88 Å². The Morgan fingerprint density at radius 1 is 1.24 bits per heavy atom. The molecule has 110 valence electrons. The number of benzene rings is 1. The molecule has 1 aromatic heterocycles. The molecule has 0 N–H and O–H groups in total. The van der Waals surface area contributed by atoms with Gasteiger partial charge in [-0.1, -0.05) is 0 Å². The molecule has 0 unspecified atom stereocenters. The summed E-state index contributed by atoms with van der Waals surface area (Å²) < 4.78 is 43.2. The van der Waals surface area contributed by atoms with Gasteiger partial charge in [0.05, 0.1) is 23.1 Å². The molecule has 0 saturated carbocycles. The highest BCUT2D eigenvalue weighted by Gasteiger charge is 2.32. The van der Waals surface area contributed by atoms with Crippen LogP contribution in [0.5, 0.6) is 0 Å². The topological polar surface area (TPSA) is 43.4 Å². The van der Waals surface area contributed by atoms with Crippen LogP contribution in [-0.2, 0) is 10.9 Å². The lowest BCUT2D eigenvalue weighted by atomic mass is 10.0. The van der Waals surface area contributed by atoms with Crippen LogP contribution in [0.4, 0.5) is 13.2 Å². The van der Waals surface area contributed by atoms with Gasteiger partial charge in [-0.05, 0) is 35.9 Å². The number of esters is 1. The van der Waals surface area contributed by atoms with E-state index in [-0.39, 0.29) is 11.1 Å². The molecule has 1 heterocycles. The fourth-order valence-electron chi connectivity index (χ4n) is 1.74. The minimum Gasteiger partial charge on any atom is -0.465 e. The molecule has 0 bridgehead atoms. The zero-order valence-electron chi connectivity index (χ0n) is 10.7. The SMILES string of the molecule is COC(=O)c1cc(-c2ccc(C=O)s2)cc(C(F)(F)F)c1. The van der Waals surface area contributed by atoms with E-state index in [0.717, 1.165) is 30.6 Å². The zero-order chi connectivity index (χ0) is 15.6.